The number of halogens is 3. The van der Waals surface area contributed by atoms with E-state index in [-0.39, 0.29) is 5.02 Å². The zero-order valence-corrected chi connectivity index (χ0v) is 12.8. The van der Waals surface area contributed by atoms with Gasteiger partial charge in [0.2, 0.25) is 0 Å². The number of nitriles is 1. The molecule has 0 aromatic heterocycles. The van der Waals surface area contributed by atoms with Crippen molar-refractivity contribution >= 4 is 42.0 Å². The molecule has 2 rings (SSSR count). The minimum absolute atomic E-state index is 0.0590. The van der Waals surface area contributed by atoms with Crippen LogP contribution in [-0.4, -0.2) is 6.61 Å². The lowest BCUT2D eigenvalue weighted by molar-refractivity contribution is 0.276. The SMILES string of the molecule is N#CC(OSI)c1c(Cl)c(F)cc2c1CCCO2. The number of hydrogen-bond acceptors (Lipinski definition) is 4. The van der Waals surface area contributed by atoms with Crippen molar-refractivity contribution in [3.8, 4) is 11.8 Å². The van der Waals surface area contributed by atoms with Crippen LogP contribution >= 0.6 is 42.0 Å². The maximum absolute atomic E-state index is 13.7. The van der Waals surface area contributed by atoms with Gasteiger partial charge in [-0.15, -0.1) is 0 Å². The molecule has 1 heterocycles. The summed E-state index contributed by atoms with van der Waals surface area (Å²) in [6, 6.07) is 3.25. The highest BCUT2D eigenvalue weighted by molar-refractivity contribution is 14.2. The van der Waals surface area contributed by atoms with Crippen molar-refractivity contribution in [1.29, 1.82) is 5.26 Å². The molecular weight excluding hydrogens is 392 g/mol. The van der Waals surface area contributed by atoms with Gasteiger partial charge in [0.25, 0.3) is 0 Å². The normalized spacial score (nSPS) is 15.4. The van der Waals surface area contributed by atoms with Gasteiger partial charge in [-0.05, 0) is 12.8 Å². The Bertz CT molecular complexity index is 509. The fourth-order valence-corrected chi connectivity index (χ4v) is 3.02. The minimum Gasteiger partial charge on any atom is -0.493 e. The summed E-state index contributed by atoms with van der Waals surface area (Å²) in [7, 11) is 1.02. The maximum Gasteiger partial charge on any atom is 0.186 e. The zero-order valence-electron chi connectivity index (χ0n) is 9.08. The highest BCUT2D eigenvalue weighted by Gasteiger charge is 2.27. The van der Waals surface area contributed by atoms with Gasteiger partial charge in [0.1, 0.15) is 17.6 Å². The van der Waals surface area contributed by atoms with Gasteiger partial charge < -0.3 is 4.74 Å². The molecule has 1 unspecified atom stereocenters. The molecule has 96 valence electrons. The third kappa shape index (κ3) is 2.69. The molecule has 0 bridgehead atoms. The fraction of sp³-hybridized carbons (Fsp3) is 0.364. The van der Waals surface area contributed by atoms with Crippen molar-refractivity contribution in [2.45, 2.75) is 18.9 Å². The van der Waals surface area contributed by atoms with E-state index in [4.69, 9.17) is 25.8 Å². The summed E-state index contributed by atoms with van der Waals surface area (Å²) in [4.78, 5) is 0. The number of fused-ring (bicyclic) bond motifs is 1. The molecule has 7 heteroatoms. The van der Waals surface area contributed by atoms with Crippen LogP contribution in [0.15, 0.2) is 6.07 Å². The second kappa shape index (κ2) is 6.28. The lowest BCUT2D eigenvalue weighted by Gasteiger charge is -2.23. The molecule has 0 radical (unpaired) electrons. The van der Waals surface area contributed by atoms with Crippen LogP contribution in [0.3, 0.4) is 0 Å². The molecule has 18 heavy (non-hydrogen) atoms. The summed E-state index contributed by atoms with van der Waals surface area (Å²) in [5, 5.41) is 9.05. The topological polar surface area (TPSA) is 42.2 Å². The van der Waals surface area contributed by atoms with Crippen molar-refractivity contribution < 1.29 is 13.3 Å². The van der Waals surface area contributed by atoms with Crippen molar-refractivity contribution in [3.05, 3.63) is 28.0 Å². The van der Waals surface area contributed by atoms with E-state index >= 15 is 0 Å². The van der Waals surface area contributed by atoms with E-state index < -0.39 is 11.9 Å². The molecule has 0 amide bonds. The third-order valence-electron chi connectivity index (χ3n) is 2.67. The largest absolute Gasteiger partial charge is 0.493 e. The molecule has 0 saturated carbocycles. The molecule has 0 saturated heterocycles. The lowest BCUT2D eigenvalue weighted by Crippen LogP contribution is -2.14. The Morgan fingerprint density at radius 3 is 3.11 bits per heavy atom. The van der Waals surface area contributed by atoms with Gasteiger partial charge in [-0.1, -0.05) is 11.6 Å². The zero-order chi connectivity index (χ0) is 13.1. The van der Waals surface area contributed by atoms with E-state index in [0.29, 0.717) is 24.3 Å². The average Bonchev–Trinajstić information content (AvgIpc) is 2.38. The van der Waals surface area contributed by atoms with Crippen LogP contribution in [0.1, 0.15) is 23.7 Å². The molecule has 0 spiro atoms. The predicted molar refractivity (Wildman–Crippen MR) is 76.3 cm³/mol. The Labute approximate surface area is 125 Å². The quantitative estimate of drug-likeness (QED) is 0.559. The summed E-state index contributed by atoms with van der Waals surface area (Å²) in [5.74, 6) is -0.130. The minimum atomic E-state index is -0.898. The first-order valence-electron chi connectivity index (χ1n) is 5.16. The summed E-state index contributed by atoms with van der Waals surface area (Å²) in [6.07, 6.45) is 0.626. The van der Waals surface area contributed by atoms with E-state index in [0.717, 1.165) is 21.2 Å². The standard InChI is InChI=1S/C11H8ClFINO2S/c12-11-7(13)4-8-6(2-1-3-16-8)10(11)9(5-15)17-18-14/h4,9H,1-3H2. The highest BCUT2D eigenvalue weighted by atomic mass is 127. The van der Waals surface area contributed by atoms with E-state index in [9.17, 15) is 4.39 Å². The third-order valence-corrected chi connectivity index (χ3v) is 3.94. The van der Waals surface area contributed by atoms with Gasteiger partial charge in [0.05, 0.1) is 20.8 Å². The van der Waals surface area contributed by atoms with E-state index in [1.54, 1.807) is 0 Å². The summed E-state index contributed by atoms with van der Waals surface area (Å²) in [5.41, 5.74) is 1.16. The predicted octanol–water partition coefficient (Wildman–Crippen LogP) is 4.38. The Morgan fingerprint density at radius 2 is 2.44 bits per heavy atom. The summed E-state index contributed by atoms with van der Waals surface area (Å²) in [6.45, 7) is 0.548. The van der Waals surface area contributed by atoms with Gasteiger partial charge in [0.15, 0.2) is 6.10 Å². The molecule has 1 aliphatic rings. The van der Waals surface area contributed by atoms with Crippen LogP contribution in [0, 0.1) is 17.1 Å². The molecule has 0 aliphatic carbocycles. The molecule has 0 fully saturated rings. The van der Waals surface area contributed by atoms with Crippen molar-refractivity contribution in [2.75, 3.05) is 6.61 Å². The van der Waals surface area contributed by atoms with Crippen LogP contribution in [0.4, 0.5) is 4.39 Å². The number of rotatable bonds is 3. The maximum atomic E-state index is 13.7. The Morgan fingerprint density at radius 1 is 1.67 bits per heavy atom. The number of nitrogens with zero attached hydrogens (tertiary/aromatic N) is 1. The highest BCUT2D eigenvalue weighted by Crippen LogP contribution is 2.40. The summed E-state index contributed by atoms with van der Waals surface area (Å²) >= 11 is 7.87. The monoisotopic (exact) mass is 399 g/mol. The van der Waals surface area contributed by atoms with Crippen molar-refractivity contribution in [1.82, 2.24) is 0 Å². The average molecular weight is 400 g/mol. The second-order valence-electron chi connectivity index (χ2n) is 3.68. The van der Waals surface area contributed by atoms with Crippen LogP contribution in [0.5, 0.6) is 5.75 Å². The Kier molecular flexibility index (Phi) is 4.95. The molecule has 1 atom stereocenters. The number of benzene rings is 1. The number of ether oxygens (including phenoxy) is 1. The van der Waals surface area contributed by atoms with Gasteiger partial charge in [-0.2, -0.15) is 5.26 Å². The van der Waals surface area contributed by atoms with Gasteiger partial charge in [-0.25, -0.2) is 4.39 Å². The van der Waals surface area contributed by atoms with E-state index in [1.165, 1.54) is 6.07 Å². The van der Waals surface area contributed by atoms with Gasteiger partial charge in [-0.3, -0.25) is 4.18 Å². The van der Waals surface area contributed by atoms with Crippen LogP contribution in [-0.2, 0) is 10.6 Å². The van der Waals surface area contributed by atoms with Crippen molar-refractivity contribution in [3.63, 3.8) is 0 Å². The lowest BCUT2D eigenvalue weighted by atomic mass is 9.96. The van der Waals surface area contributed by atoms with Crippen molar-refractivity contribution in [2.24, 2.45) is 0 Å². The molecule has 1 aliphatic heterocycles. The molecule has 3 nitrogen and oxygen atoms in total. The van der Waals surface area contributed by atoms with Crippen LogP contribution in [0.2, 0.25) is 5.02 Å². The summed E-state index contributed by atoms with van der Waals surface area (Å²) < 4.78 is 24.3. The first-order valence-corrected chi connectivity index (χ1v) is 8.82. The smallest absolute Gasteiger partial charge is 0.186 e. The molecular formula is C11H8ClFINO2S. The molecule has 1 aromatic carbocycles. The van der Waals surface area contributed by atoms with E-state index in [2.05, 4.69) is 0 Å². The Balaban J connectivity index is 2.56. The van der Waals surface area contributed by atoms with Crippen LogP contribution in [0.25, 0.3) is 0 Å². The first-order chi connectivity index (χ1) is 8.69. The Hall–Kier alpha value is -0.230. The molecule has 0 N–H and O–H groups in total. The van der Waals surface area contributed by atoms with Gasteiger partial charge >= 0.3 is 0 Å². The van der Waals surface area contributed by atoms with Crippen LogP contribution < -0.4 is 4.74 Å². The first kappa shape index (κ1) is 14.2. The molecule has 1 aromatic rings. The van der Waals surface area contributed by atoms with Gasteiger partial charge in [0, 0.05) is 38.4 Å². The second-order valence-corrected chi connectivity index (χ2v) is 5.46. The van der Waals surface area contributed by atoms with E-state index in [1.807, 2.05) is 27.3 Å². The fourth-order valence-electron chi connectivity index (χ4n) is 1.92. The number of hydrogen-bond donors (Lipinski definition) is 0.